The predicted octanol–water partition coefficient (Wildman–Crippen LogP) is 4.57. The lowest BCUT2D eigenvalue weighted by Gasteiger charge is -2.09. The molecule has 0 aromatic heterocycles. The quantitative estimate of drug-likeness (QED) is 0.615. The van der Waals surface area contributed by atoms with Crippen molar-refractivity contribution in [3.8, 4) is 17.6 Å². The fourth-order valence-electron chi connectivity index (χ4n) is 1.48. The summed E-state index contributed by atoms with van der Waals surface area (Å²) in [7, 11) is 0. The minimum Gasteiger partial charge on any atom is -0.454 e. The molecule has 20 heavy (non-hydrogen) atoms. The first kappa shape index (κ1) is 14.1. The minimum absolute atomic E-state index is 0.0969. The molecule has 5 nitrogen and oxygen atoms in total. The van der Waals surface area contributed by atoms with E-state index in [1.165, 1.54) is 30.3 Å². The van der Waals surface area contributed by atoms with Crippen molar-refractivity contribution in [2.24, 2.45) is 0 Å². The number of non-ortho nitro benzene ring substituents is 1. The lowest BCUT2D eigenvalue weighted by atomic mass is 10.2. The molecule has 7 heteroatoms. The maximum Gasteiger partial charge on any atom is 0.273 e. The number of hydrogen-bond acceptors (Lipinski definition) is 4. The van der Waals surface area contributed by atoms with Crippen LogP contribution in [0.3, 0.4) is 0 Å². The summed E-state index contributed by atoms with van der Waals surface area (Å²) in [5, 5.41) is 20.3. The molecule has 2 aromatic rings. The molecular weight excluding hydrogens is 303 g/mol. The van der Waals surface area contributed by atoms with Crippen LogP contribution in [0, 0.1) is 21.4 Å². The fraction of sp³-hybridized carbons (Fsp3) is 0. The van der Waals surface area contributed by atoms with E-state index in [0.29, 0.717) is 5.02 Å². The maximum absolute atomic E-state index is 10.7. The maximum atomic E-state index is 10.7. The molecule has 0 atom stereocenters. The van der Waals surface area contributed by atoms with Gasteiger partial charge < -0.3 is 4.74 Å². The third-order valence-electron chi connectivity index (χ3n) is 2.41. The zero-order chi connectivity index (χ0) is 14.7. The van der Waals surface area contributed by atoms with Crippen molar-refractivity contribution in [3.05, 3.63) is 62.1 Å². The van der Waals surface area contributed by atoms with E-state index in [2.05, 4.69) is 0 Å². The van der Waals surface area contributed by atoms with E-state index in [1.807, 2.05) is 6.07 Å². The Morgan fingerprint density at radius 3 is 2.55 bits per heavy atom. The van der Waals surface area contributed by atoms with E-state index in [9.17, 15) is 10.1 Å². The molecule has 0 saturated carbocycles. The third kappa shape index (κ3) is 2.99. The number of ether oxygens (including phenoxy) is 1. The zero-order valence-corrected chi connectivity index (χ0v) is 11.4. The highest BCUT2D eigenvalue weighted by Crippen LogP contribution is 2.34. The largest absolute Gasteiger partial charge is 0.454 e. The number of nitro groups is 1. The predicted molar refractivity (Wildman–Crippen MR) is 74.3 cm³/mol. The van der Waals surface area contributed by atoms with E-state index in [0.717, 1.165) is 0 Å². The van der Waals surface area contributed by atoms with Gasteiger partial charge in [-0.05, 0) is 24.3 Å². The van der Waals surface area contributed by atoms with Crippen LogP contribution in [0.4, 0.5) is 5.69 Å². The van der Waals surface area contributed by atoms with Crippen molar-refractivity contribution in [1.29, 1.82) is 5.26 Å². The average Bonchev–Trinajstić information content (AvgIpc) is 2.42. The summed E-state index contributed by atoms with van der Waals surface area (Å²) in [5.74, 6) is 0.319. The van der Waals surface area contributed by atoms with Crippen molar-refractivity contribution in [2.75, 3.05) is 0 Å². The average molecular weight is 309 g/mol. The van der Waals surface area contributed by atoms with Gasteiger partial charge in [-0.3, -0.25) is 10.1 Å². The highest BCUT2D eigenvalue weighted by molar-refractivity contribution is 6.32. The van der Waals surface area contributed by atoms with Gasteiger partial charge in [-0.1, -0.05) is 23.2 Å². The molecule has 2 aromatic carbocycles. The second kappa shape index (κ2) is 5.78. The van der Waals surface area contributed by atoms with Gasteiger partial charge in [-0.25, -0.2) is 0 Å². The molecule has 0 amide bonds. The number of benzene rings is 2. The van der Waals surface area contributed by atoms with Crippen LogP contribution in [0.5, 0.6) is 11.5 Å². The first-order chi connectivity index (χ1) is 9.51. The lowest BCUT2D eigenvalue weighted by Crippen LogP contribution is -1.92. The third-order valence-corrected chi connectivity index (χ3v) is 2.95. The first-order valence-corrected chi connectivity index (χ1v) is 6.08. The van der Waals surface area contributed by atoms with Crippen LogP contribution >= 0.6 is 23.2 Å². The van der Waals surface area contributed by atoms with Gasteiger partial charge in [0, 0.05) is 11.1 Å². The molecule has 0 aliphatic rings. The van der Waals surface area contributed by atoms with Crippen molar-refractivity contribution in [2.45, 2.75) is 0 Å². The first-order valence-electron chi connectivity index (χ1n) is 5.32. The SMILES string of the molecule is N#Cc1cc(Cl)ccc1Oc1cc([N+](=O)[O-])ccc1Cl. The van der Waals surface area contributed by atoms with Crippen LogP contribution in [0.2, 0.25) is 10.0 Å². The van der Waals surface area contributed by atoms with Crippen LogP contribution in [-0.2, 0) is 0 Å². The van der Waals surface area contributed by atoms with Crippen molar-refractivity contribution >= 4 is 28.9 Å². The molecule has 0 heterocycles. The standard InChI is InChI=1S/C13H6Cl2N2O3/c14-9-1-4-12(8(5-9)7-16)20-13-6-10(17(18)19)2-3-11(13)15/h1-6H. The minimum atomic E-state index is -0.559. The topological polar surface area (TPSA) is 76.2 Å². The van der Waals surface area contributed by atoms with Crippen molar-refractivity contribution in [3.63, 3.8) is 0 Å². The number of rotatable bonds is 3. The van der Waals surface area contributed by atoms with Gasteiger partial charge in [0.25, 0.3) is 5.69 Å². The van der Waals surface area contributed by atoms with Crippen molar-refractivity contribution < 1.29 is 9.66 Å². The van der Waals surface area contributed by atoms with Gasteiger partial charge in [0.05, 0.1) is 21.6 Å². The molecule has 0 spiro atoms. The summed E-state index contributed by atoms with van der Waals surface area (Å²) in [5.41, 5.74) is 0.0527. The van der Waals surface area contributed by atoms with Crippen molar-refractivity contribution in [1.82, 2.24) is 0 Å². The van der Waals surface area contributed by atoms with E-state index in [1.54, 1.807) is 6.07 Å². The summed E-state index contributed by atoms with van der Waals surface area (Å²) in [4.78, 5) is 10.2. The Bertz CT molecular complexity index is 726. The Balaban J connectivity index is 2.42. The van der Waals surface area contributed by atoms with Gasteiger partial charge in [-0.15, -0.1) is 0 Å². The van der Waals surface area contributed by atoms with Crippen LogP contribution in [0.25, 0.3) is 0 Å². The smallest absolute Gasteiger partial charge is 0.273 e. The molecular formula is C13H6Cl2N2O3. The summed E-state index contributed by atoms with van der Waals surface area (Å²) in [6.07, 6.45) is 0. The molecule has 0 aliphatic carbocycles. The molecule has 0 radical (unpaired) electrons. The Hall–Kier alpha value is -2.29. The molecule has 100 valence electrons. The Kier molecular flexibility index (Phi) is 4.08. The second-order valence-corrected chi connectivity index (χ2v) is 4.57. The van der Waals surface area contributed by atoms with Gasteiger partial charge in [0.1, 0.15) is 11.8 Å². The fourth-order valence-corrected chi connectivity index (χ4v) is 1.81. The zero-order valence-electron chi connectivity index (χ0n) is 9.84. The van der Waals surface area contributed by atoms with Crippen LogP contribution in [0.1, 0.15) is 5.56 Å². The lowest BCUT2D eigenvalue weighted by molar-refractivity contribution is -0.384. The molecule has 0 saturated heterocycles. The molecule has 0 N–H and O–H groups in total. The highest BCUT2D eigenvalue weighted by atomic mass is 35.5. The number of nitro benzene ring substituents is 1. The number of nitriles is 1. The number of nitrogens with zero attached hydrogens (tertiary/aromatic N) is 2. The monoisotopic (exact) mass is 308 g/mol. The Labute approximate surface area is 124 Å². The summed E-state index contributed by atoms with van der Waals surface area (Å²) >= 11 is 11.7. The van der Waals surface area contributed by atoms with E-state index in [-0.39, 0.29) is 27.8 Å². The highest BCUT2D eigenvalue weighted by Gasteiger charge is 2.13. The molecule has 0 fully saturated rings. The summed E-state index contributed by atoms with van der Waals surface area (Å²) in [6, 6.07) is 10.2. The second-order valence-electron chi connectivity index (χ2n) is 3.73. The number of halogens is 2. The molecule has 0 unspecified atom stereocenters. The number of hydrogen-bond donors (Lipinski definition) is 0. The molecule has 0 bridgehead atoms. The summed E-state index contributed by atoms with van der Waals surface area (Å²) < 4.78 is 5.46. The van der Waals surface area contributed by atoms with E-state index < -0.39 is 4.92 Å². The van der Waals surface area contributed by atoms with Gasteiger partial charge in [-0.2, -0.15) is 5.26 Å². The Morgan fingerprint density at radius 1 is 1.15 bits per heavy atom. The van der Waals surface area contributed by atoms with Crippen LogP contribution in [0.15, 0.2) is 36.4 Å². The van der Waals surface area contributed by atoms with E-state index >= 15 is 0 Å². The van der Waals surface area contributed by atoms with Gasteiger partial charge >= 0.3 is 0 Å². The van der Waals surface area contributed by atoms with Gasteiger partial charge in [0.2, 0.25) is 0 Å². The molecule has 2 rings (SSSR count). The van der Waals surface area contributed by atoms with Crippen LogP contribution < -0.4 is 4.74 Å². The van der Waals surface area contributed by atoms with Crippen LogP contribution in [-0.4, -0.2) is 4.92 Å². The van der Waals surface area contributed by atoms with Gasteiger partial charge in [0.15, 0.2) is 5.75 Å². The molecule has 0 aliphatic heterocycles. The van der Waals surface area contributed by atoms with E-state index in [4.69, 9.17) is 33.2 Å². The summed E-state index contributed by atoms with van der Waals surface area (Å²) in [6.45, 7) is 0. The Morgan fingerprint density at radius 2 is 1.90 bits per heavy atom. The normalized spacial score (nSPS) is 9.85.